The standard InChI is InChI=1S/C29H45N/c1-3-5-6-8-24-11-15-26(16-12-24)27-19-13-25(14-20-27)21-29(22-30)28-17-9-23(7-4-2)10-18-28/h11-12,15-16,23,25,27-29H,3-10,13-14,17-21H2,1-2H3/t23-,25-,27-,28-,29?. The zero-order chi connectivity index (χ0) is 21.2. The fraction of sp³-hybridized carbons (Fsp3) is 0.759. The van der Waals surface area contributed by atoms with Crippen LogP contribution in [-0.2, 0) is 6.42 Å². The van der Waals surface area contributed by atoms with Gasteiger partial charge >= 0.3 is 0 Å². The molecule has 0 aliphatic heterocycles. The monoisotopic (exact) mass is 407 g/mol. The highest BCUT2D eigenvalue weighted by atomic mass is 14.4. The summed E-state index contributed by atoms with van der Waals surface area (Å²) in [5.74, 6) is 3.47. The molecular weight excluding hydrogens is 362 g/mol. The zero-order valence-corrected chi connectivity index (χ0v) is 19.7. The van der Waals surface area contributed by atoms with Crippen molar-refractivity contribution in [2.45, 2.75) is 116 Å². The molecule has 1 nitrogen and oxygen atoms in total. The van der Waals surface area contributed by atoms with Gasteiger partial charge in [-0.15, -0.1) is 0 Å². The van der Waals surface area contributed by atoms with Crippen LogP contribution in [0.1, 0.15) is 121 Å². The van der Waals surface area contributed by atoms with E-state index in [0.717, 1.165) is 17.8 Å². The maximum absolute atomic E-state index is 9.86. The molecule has 1 atom stereocenters. The maximum Gasteiger partial charge on any atom is 0.0658 e. The Morgan fingerprint density at radius 1 is 0.833 bits per heavy atom. The van der Waals surface area contributed by atoms with Crippen molar-refractivity contribution in [1.29, 1.82) is 5.26 Å². The number of nitriles is 1. The average molecular weight is 408 g/mol. The van der Waals surface area contributed by atoms with E-state index in [2.05, 4.69) is 44.2 Å². The van der Waals surface area contributed by atoms with E-state index in [1.165, 1.54) is 102 Å². The number of hydrogen-bond acceptors (Lipinski definition) is 1. The van der Waals surface area contributed by atoms with Gasteiger partial charge in [-0.1, -0.05) is 76.6 Å². The van der Waals surface area contributed by atoms with Gasteiger partial charge in [0.25, 0.3) is 0 Å². The molecule has 2 aliphatic rings. The molecule has 2 fully saturated rings. The van der Waals surface area contributed by atoms with Crippen LogP contribution in [0.2, 0.25) is 0 Å². The van der Waals surface area contributed by atoms with Crippen molar-refractivity contribution in [3.8, 4) is 6.07 Å². The van der Waals surface area contributed by atoms with E-state index in [9.17, 15) is 5.26 Å². The predicted octanol–water partition coefficient (Wildman–Crippen LogP) is 8.83. The van der Waals surface area contributed by atoms with Gasteiger partial charge in [-0.25, -0.2) is 0 Å². The number of rotatable bonds is 10. The van der Waals surface area contributed by atoms with E-state index in [0.29, 0.717) is 11.8 Å². The number of nitrogens with zero attached hydrogens (tertiary/aromatic N) is 1. The summed E-state index contributed by atoms with van der Waals surface area (Å²) in [6.45, 7) is 4.58. The fourth-order valence-corrected chi connectivity index (χ4v) is 6.26. The van der Waals surface area contributed by atoms with Crippen molar-refractivity contribution >= 4 is 0 Å². The summed E-state index contributed by atoms with van der Waals surface area (Å²) < 4.78 is 0. The molecule has 0 bridgehead atoms. The maximum atomic E-state index is 9.86. The number of unbranched alkanes of at least 4 members (excludes halogenated alkanes) is 2. The minimum Gasteiger partial charge on any atom is -0.198 e. The highest BCUT2D eigenvalue weighted by Crippen LogP contribution is 2.42. The summed E-state index contributed by atoms with van der Waals surface area (Å²) in [7, 11) is 0. The minimum absolute atomic E-state index is 0.316. The first-order chi connectivity index (χ1) is 14.7. The van der Waals surface area contributed by atoms with Gasteiger partial charge in [-0.2, -0.15) is 5.26 Å². The first-order valence-electron chi connectivity index (χ1n) is 13.2. The van der Waals surface area contributed by atoms with Crippen LogP contribution >= 0.6 is 0 Å². The summed E-state index contributed by atoms with van der Waals surface area (Å²) in [4.78, 5) is 0. The van der Waals surface area contributed by atoms with Crippen LogP contribution in [0.4, 0.5) is 0 Å². The zero-order valence-electron chi connectivity index (χ0n) is 19.7. The van der Waals surface area contributed by atoms with Crippen LogP contribution in [0, 0.1) is 35.0 Å². The van der Waals surface area contributed by atoms with Crippen molar-refractivity contribution < 1.29 is 0 Å². The van der Waals surface area contributed by atoms with E-state index in [-0.39, 0.29) is 0 Å². The topological polar surface area (TPSA) is 23.8 Å². The molecule has 1 heteroatoms. The number of aryl methyl sites for hydroxylation is 1. The largest absolute Gasteiger partial charge is 0.198 e. The van der Waals surface area contributed by atoms with E-state index in [1.807, 2.05) is 0 Å². The molecule has 1 unspecified atom stereocenters. The fourth-order valence-electron chi connectivity index (χ4n) is 6.26. The Hall–Kier alpha value is -1.29. The van der Waals surface area contributed by atoms with Gasteiger partial charge in [0.15, 0.2) is 0 Å². The van der Waals surface area contributed by atoms with E-state index in [1.54, 1.807) is 5.56 Å². The van der Waals surface area contributed by atoms with Gasteiger partial charge in [0.2, 0.25) is 0 Å². The number of benzene rings is 1. The molecule has 166 valence electrons. The van der Waals surface area contributed by atoms with Crippen LogP contribution in [0.3, 0.4) is 0 Å². The Bertz CT molecular complexity index is 623. The molecule has 1 aromatic rings. The summed E-state index contributed by atoms with van der Waals surface area (Å²) in [5, 5.41) is 9.86. The Balaban J connectivity index is 1.42. The lowest BCUT2D eigenvalue weighted by Crippen LogP contribution is -2.24. The first-order valence-corrected chi connectivity index (χ1v) is 13.2. The summed E-state index contributed by atoms with van der Waals surface area (Å²) in [6, 6.07) is 12.3. The van der Waals surface area contributed by atoms with Crippen LogP contribution in [0.5, 0.6) is 0 Å². The Morgan fingerprint density at radius 2 is 1.50 bits per heavy atom. The van der Waals surface area contributed by atoms with Gasteiger partial charge in [0.1, 0.15) is 0 Å². The molecule has 1 aromatic carbocycles. The van der Waals surface area contributed by atoms with E-state index in [4.69, 9.17) is 0 Å². The third-order valence-electron chi connectivity index (χ3n) is 8.28. The molecule has 0 amide bonds. The molecule has 0 N–H and O–H groups in total. The van der Waals surface area contributed by atoms with Gasteiger partial charge in [-0.3, -0.25) is 0 Å². The second-order valence-corrected chi connectivity index (χ2v) is 10.5. The molecule has 0 spiro atoms. The van der Waals surface area contributed by atoms with E-state index >= 15 is 0 Å². The van der Waals surface area contributed by atoms with Crippen LogP contribution in [0.25, 0.3) is 0 Å². The lowest BCUT2D eigenvalue weighted by atomic mass is 9.70. The van der Waals surface area contributed by atoms with E-state index < -0.39 is 0 Å². The molecule has 0 radical (unpaired) electrons. The molecular formula is C29H45N. The first kappa shape index (κ1) is 23.4. The van der Waals surface area contributed by atoms with Crippen molar-refractivity contribution in [1.82, 2.24) is 0 Å². The van der Waals surface area contributed by atoms with Crippen molar-refractivity contribution in [2.75, 3.05) is 0 Å². The van der Waals surface area contributed by atoms with Crippen molar-refractivity contribution in [3.05, 3.63) is 35.4 Å². The SMILES string of the molecule is CCCCCc1ccc([C@H]2CC[C@H](CC(C#N)[C@H]3CC[C@H](CCC)CC3)CC2)cc1. The Kier molecular flexibility index (Phi) is 9.77. The van der Waals surface area contributed by atoms with Gasteiger partial charge in [0.05, 0.1) is 6.07 Å². The summed E-state index contributed by atoms with van der Waals surface area (Å²) in [5.41, 5.74) is 3.06. The highest BCUT2D eigenvalue weighted by Gasteiger charge is 2.31. The molecule has 0 heterocycles. The smallest absolute Gasteiger partial charge is 0.0658 e. The normalized spacial score (nSPS) is 28.0. The van der Waals surface area contributed by atoms with Crippen LogP contribution < -0.4 is 0 Å². The molecule has 0 aromatic heterocycles. The minimum atomic E-state index is 0.316. The second kappa shape index (κ2) is 12.5. The molecule has 0 saturated heterocycles. The quantitative estimate of drug-likeness (QED) is 0.355. The molecule has 2 saturated carbocycles. The van der Waals surface area contributed by atoms with Gasteiger partial charge in [0, 0.05) is 5.92 Å². The number of hydrogen-bond donors (Lipinski definition) is 0. The Labute approximate surface area is 186 Å². The third kappa shape index (κ3) is 6.87. The van der Waals surface area contributed by atoms with Crippen LogP contribution in [0.15, 0.2) is 24.3 Å². The van der Waals surface area contributed by atoms with Gasteiger partial charge < -0.3 is 0 Å². The van der Waals surface area contributed by atoms with Gasteiger partial charge in [-0.05, 0) is 92.6 Å². The van der Waals surface area contributed by atoms with Crippen LogP contribution in [-0.4, -0.2) is 0 Å². The van der Waals surface area contributed by atoms with Crippen molar-refractivity contribution in [3.63, 3.8) is 0 Å². The molecule has 2 aliphatic carbocycles. The van der Waals surface area contributed by atoms with Crippen molar-refractivity contribution in [2.24, 2.45) is 23.7 Å². The average Bonchev–Trinajstić information content (AvgIpc) is 2.79. The highest BCUT2D eigenvalue weighted by molar-refractivity contribution is 5.26. The molecule has 30 heavy (non-hydrogen) atoms. The lowest BCUT2D eigenvalue weighted by molar-refractivity contribution is 0.189. The summed E-state index contributed by atoms with van der Waals surface area (Å²) >= 11 is 0. The predicted molar refractivity (Wildman–Crippen MR) is 128 cm³/mol. The third-order valence-corrected chi connectivity index (χ3v) is 8.28. The Morgan fingerprint density at radius 3 is 2.10 bits per heavy atom. The second-order valence-electron chi connectivity index (χ2n) is 10.5. The lowest BCUT2D eigenvalue weighted by Gasteiger charge is -2.34. The molecule has 3 rings (SSSR count). The summed E-state index contributed by atoms with van der Waals surface area (Å²) in [6.07, 6.45) is 19.7.